The molecule has 1 aromatic carbocycles. The van der Waals surface area contributed by atoms with E-state index in [4.69, 9.17) is 16.3 Å². The third-order valence-electron chi connectivity index (χ3n) is 4.60. The van der Waals surface area contributed by atoms with Gasteiger partial charge >= 0.3 is 0 Å². The van der Waals surface area contributed by atoms with Crippen LogP contribution in [0.5, 0.6) is 0 Å². The minimum absolute atomic E-state index is 0.0140. The number of alkyl halides is 1. The smallest absolute Gasteiger partial charge is 0.291 e. The number of aliphatic hydroxyl groups is 2. The number of benzene rings is 1. The molecule has 110 valence electrons. The lowest BCUT2D eigenvalue weighted by molar-refractivity contribution is -0.0444. The topological polar surface area (TPSA) is 39.1 Å². The summed E-state index contributed by atoms with van der Waals surface area (Å²) in [4.78, 5) is 12.4. The summed E-state index contributed by atoms with van der Waals surface area (Å²) in [6, 6.07) is 1.76. The molecular formula is C17H16ClO3-. The highest BCUT2D eigenvalue weighted by Gasteiger charge is 2.33. The molecule has 0 radical (unpaired) electrons. The molecule has 1 heterocycles. The van der Waals surface area contributed by atoms with Crippen LogP contribution in [0.2, 0.25) is 0 Å². The minimum atomic E-state index is 0.0140. The Bertz CT molecular complexity index is 829. The van der Waals surface area contributed by atoms with Crippen molar-refractivity contribution in [2.75, 3.05) is 6.79 Å². The molecule has 0 saturated carbocycles. The maximum Gasteiger partial charge on any atom is 0.291 e. The monoisotopic (exact) mass is 303 g/mol. The average molecular weight is 304 g/mol. The molecule has 1 aliphatic heterocycles. The normalized spacial score (nSPS) is 23.8. The molecule has 21 heavy (non-hydrogen) atoms. The molecule has 1 fully saturated rings. The van der Waals surface area contributed by atoms with Gasteiger partial charge in [0.1, 0.15) is 11.2 Å². The first-order chi connectivity index (χ1) is 10.1. The van der Waals surface area contributed by atoms with Crippen molar-refractivity contribution in [3.05, 3.63) is 55.8 Å². The maximum atomic E-state index is 12.4. The van der Waals surface area contributed by atoms with Gasteiger partial charge in [0.05, 0.1) is 0 Å². The predicted octanol–water partition coefficient (Wildman–Crippen LogP) is 1.12. The summed E-state index contributed by atoms with van der Waals surface area (Å²) in [5.74, 6) is 0.993. The Kier molecular flexibility index (Phi) is 2.78. The summed E-state index contributed by atoms with van der Waals surface area (Å²) in [6.45, 7) is 4.43. The molecule has 4 heteroatoms. The fourth-order valence-electron chi connectivity index (χ4n) is 3.58. The average Bonchev–Trinajstić information content (AvgIpc) is 3.04. The van der Waals surface area contributed by atoms with Gasteiger partial charge in [-0.1, -0.05) is 30.7 Å². The van der Waals surface area contributed by atoms with Gasteiger partial charge in [0, 0.05) is 5.38 Å². The standard InChI is InChI=1S/C17H16ClO3/c1-8-5-12(9(2)18)15-11(8)6-13(19)10-3-4-14-17(16(10)15)21-7-20-14/h3-4,6,9,12,21H,5,7H2,1-2H3/q-1. The quantitative estimate of drug-likeness (QED) is 0.443. The number of fused-ring (bicyclic) bond motifs is 5. The van der Waals surface area contributed by atoms with Crippen LogP contribution in [-0.4, -0.2) is 16.9 Å². The summed E-state index contributed by atoms with van der Waals surface area (Å²) in [7, 11) is 0. The summed E-state index contributed by atoms with van der Waals surface area (Å²) >= 11 is 6.41. The highest BCUT2D eigenvalue weighted by Crippen LogP contribution is 2.39. The second-order valence-electron chi connectivity index (χ2n) is 5.87. The lowest BCUT2D eigenvalue weighted by Crippen LogP contribution is -2.39. The van der Waals surface area contributed by atoms with Crippen molar-refractivity contribution >= 4 is 23.3 Å². The van der Waals surface area contributed by atoms with Crippen molar-refractivity contribution < 1.29 is 9.47 Å². The van der Waals surface area contributed by atoms with Crippen LogP contribution in [0.25, 0.3) is 11.6 Å². The van der Waals surface area contributed by atoms with Gasteiger partial charge in [0.2, 0.25) is 0 Å². The highest BCUT2D eigenvalue weighted by molar-refractivity contribution is 6.21. The Labute approximate surface area is 127 Å². The van der Waals surface area contributed by atoms with Gasteiger partial charge in [-0.3, -0.25) is 0 Å². The van der Waals surface area contributed by atoms with Crippen LogP contribution in [-0.2, 0) is 4.74 Å². The fraction of sp³-hybridized carbons (Fsp3) is 0.353. The molecule has 2 atom stereocenters. The molecule has 1 aromatic rings. The molecule has 3 aliphatic rings. The Balaban J connectivity index is 2.10. The third-order valence-corrected chi connectivity index (χ3v) is 4.90. The van der Waals surface area contributed by atoms with E-state index in [0.29, 0.717) is 6.79 Å². The number of hydrogen-bond acceptors (Lipinski definition) is 2. The number of rotatable bonds is 1. The van der Waals surface area contributed by atoms with E-state index in [1.807, 2.05) is 19.1 Å². The van der Waals surface area contributed by atoms with Crippen LogP contribution in [0.3, 0.4) is 0 Å². The fourth-order valence-corrected chi connectivity index (χ4v) is 3.80. The van der Waals surface area contributed by atoms with Crippen molar-refractivity contribution in [3.63, 3.8) is 0 Å². The molecule has 1 saturated heterocycles. The molecule has 0 amide bonds. The Hall–Kier alpha value is -1.58. The number of ether oxygens (including phenoxy) is 2. The van der Waals surface area contributed by atoms with Crippen LogP contribution in [0.1, 0.15) is 37.3 Å². The first-order valence-electron chi connectivity index (χ1n) is 7.15. The van der Waals surface area contributed by atoms with Crippen molar-refractivity contribution in [1.29, 1.82) is 0 Å². The van der Waals surface area contributed by atoms with Crippen LogP contribution >= 0.6 is 11.6 Å². The lowest BCUT2D eigenvalue weighted by Gasteiger charge is -2.27. The zero-order valence-corrected chi connectivity index (χ0v) is 12.7. The first-order valence-corrected chi connectivity index (χ1v) is 7.59. The molecule has 0 spiro atoms. The molecule has 1 N–H and O–H groups in total. The highest BCUT2D eigenvalue weighted by atomic mass is 35.5. The van der Waals surface area contributed by atoms with E-state index in [1.54, 1.807) is 6.07 Å². The molecule has 0 aromatic heterocycles. The van der Waals surface area contributed by atoms with Crippen LogP contribution < -0.4 is 15.9 Å². The zero-order valence-electron chi connectivity index (χ0n) is 11.9. The van der Waals surface area contributed by atoms with E-state index >= 15 is 0 Å². The first kappa shape index (κ1) is 13.1. The van der Waals surface area contributed by atoms with E-state index in [9.17, 15) is 4.79 Å². The van der Waals surface area contributed by atoms with Gasteiger partial charge in [-0.15, -0.1) is 34.0 Å². The molecular weight excluding hydrogens is 288 g/mol. The Morgan fingerprint density at radius 1 is 1.52 bits per heavy atom. The van der Waals surface area contributed by atoms with Gasteiger partial charge in [-0.25, -0.2) is 0 Å². The summed E-state index contributed by atoms with van der Waals surface area (Å²) in [6.07, 6.45) is 5.41. The lowest BCUT2D eigenvalue weighted by atomic mass is 9.87. The van der Waals surface area contributed by atoms with Crippen LogP contribution in [0.4, 0.5) is 0 Å². The van der Waals surface area contributed by atoms with Crippen LogP contribution in [0, 0.1) is 6.10 Å². The second kappa shape index (κ2) is 4.46. The molecule has 3 nitrogen and oxygen atoms in total. The van der Waals surface area contributed by atoms with E-state index in [-0.39, 0.29) is 16.7 Å². The Morgan fingerprint density at radius 2 is 2.33 bits per heavy atom. The number of hydrogen-bond donors (Lipinski definition) is 0. The van der Waals surface area contributed by atoms with Gasteiger partial charge in [-0.05, 0) is 18.4 Å². The van der Waals surface area contributed by atoms with Crippen LogP contribution in [0.15, 0.2) is 22.7 Å². The molecule has 0 bridgehead atoms. The summed E-state index contributed by atoms with van der Waals surface area (Å²) < 4.78 is 9.97. The van der Waals surface area contributed by atoms with E-state index in [2.05, 4.69) is 11.7 Å². The summed E-state index contributed by atoms with van der Waals surface area (Å²) in [5, 5.41) is 1.79. The minimum Gasteiger partial charge on any atom is -0.440 e. The van der Waals surface area contributed by atoms with Crippen molar-refractivity contribution in [3.8, 4) is 0 Å². The zero-order chi connectivity index (χ0) is 14.7. The molecule has 4 rings (SSSR count). The van der Waals surface area contributed by atoms with Gasteiger partial charge < -0.3 is 14.3 Å². The van der Waals surface area contributed by atoms with Crippen molar-refractivity contribution in [2.24, 2.45) is 0 Å². The van der Waals surface area contributed by atoms with E-state index in [0.717, 1.165) is 34.3 Å². The van der Waals surface area contributed by atoms with Gasteiger partial charge in [-0.2, -0.15) is 0 Å². The maximum absolute atomic E-state index is 12.4. The van der Waals surface area contributed by atoms with E-state index < -0.39 is 0 Å². The third kappa shape index (κ3) is 1.74. The van der Waals surface area contributed by atoms with Crippen molar-refractivity contribution in [1.82, 2.24) is 0 Å². The van der Waals surface area contributed by atoms with Gasteiger partial charge in [0.15, 0.2) is 6.10 Å². The summed E-state index contributed by atoms with van der Waals surface area (Å²) in [5.41, 5.74) is 3.41. The molecule has 2 aliphatic carbocycles. The largest absolute Gasteiger partial charge is 0.440 e. The Morgan fingerprint density at radius 3 is 3.10 bits per heavy atom. The predicted molar refractivity (Wildman–Crippen MR) is 82.4 cm³/mol. The van der Waals surface area contributed by atoms with Crippen molar-refractivity contribution in [2.45, 2.75) is 31.6 Å². The van der Waals surface area contributed by atoms with Gasteiger partial charge in [0.25, 0.3) is 6.79 Å². The van der Waals surface area contributed by atoms with E-state index in [1.165, 1.54) is 11.1 Å². The number of halogens is 1. The number of allylic oxidation sites excluding steroid dienone is 1. The molecule has 2 unspecified atom stereocenters. The SMILES string of the molecule is CC1=c2[cH-]c(=O)c3c(c2C(C(C)Cl)C1)[C-]1[OH+]COC1=CC=3. The second-order valence-corrected chi connectivity index (χ2v) is 6.56.